The van der Waals surface area contributed by atoms with Gasteiger partial charge in [0.15, 0.2) is 0 Å². The standard InChI is InChI=1S/C22H40O6/c1-8-9-17-13(4)20(25)14(5)18(23)11(2)10-12(3)19(24)15(6)21(26)16(7)22(27)28-17/h11-17,19-21,24-26H,8-10H2,1-7H3/t11-,12?,13+,14+,15-,16-,17?,19+,20+,21+/m1/s1. The molecule has 0 saturated carbocycles. The van der Waals surface area contributed by atoms with E-state index in [1.54, 1.807) is 27.7 Å². The van der Waals surface area contributed by atoms with Crippen molar-refractivity contribution in [1.82, 2.24) is 0 Å². The minimum atomic E-state index is -1.06. The largest absolute Gasteiger partial charge is 0.462 e. The molecule has 1 rings (SSSR count). The molecule has 0 radical (unpaired) electrons. The van der Waals surface area contributed by atoms with E-state index in [0.29, 0.717) is 12.8 Å². The maximum atomic E-state index is 12.9. The van der Waals surface area contributed by atoms with E-state index in [9.17, 15) is 24.9 Å². The van der Waals surface area contributed by atoms with Gasteiger partial charge in [-0.3, -0.25) is 9.59 Å². The van der Waals surface area contributed by atoms with Crippen LogP contribution >= 0.6 is 0 Å². The number of aliphatic hydroxyl groups is 3. The Morgan fingerprint density at radius 1 is 0.857 bits per heavy atom. The number of rotatable bonds is 2. The number of ketones is 1. The summed E-state index contributed by atoms with van der Waals surface area (Å²) in [5.74, 6) is -3.46. The molecule has 1 heterocycles. The van der Waals surface area contributed by atoms with E-state index in [-0.39, 0.29) is 17.6 Å². The molecule has 2 unspecified atom stereocenters. The quantitative estimate of drug-likeness (QED) is 0.616. The first-order valence-corrected chi connectivity index (χ1v) is 10.7. The van der Waals surface area contributed by atoms with Gasteiger partial charge in [-0.2, -0.15) is 0 Å². The molecular weight excluding hydrogens is 360 g/mol. The number of ether oxygens (including phenoxy) is 1. The van der Waals surface area contributed by atoms with Gasteiger partial charge in [-0.05, 0) is 25.7 Å². The van der Waals surface area contributed by atoms with Gasteiger partial charge in [0.1, 0.15) is 11.9 Å². The van der Waals surface area contributed by atoms with Gasteiger partial charge in [-0.25, -0.2) is 0 Å². The van der Waals surface area contributed by atoms with Crippen molar-refractivity contribution in [3.8, 4) is 0 Å². The molecule has 6 nitrogen and oxygen atoms in total. The van der Waals surface area contributed by atoms with Crippen molar-refractivity contribution < 1.29 is 29.6 Å². The number of carbonyl (C=O) groups is 2. The van der Waals surface area contributed by atoms with Crippen LogP contribution in [0.2, 0.25) is 0 Å². The van der Waals surface area contributed by atoms with E-state index in [4.69, 9.17) is 4.74 Å². The first-order chi connectivity index (χ1) is 12.9. The monoisotopic (exact) mass is 400 g/mol. The summed E-state index contributed by atoms with van der Waals surface area (Å²) in [7, 11) is 0. The van der Waals surface area contributed by atoms with Crippen LogP contribution in [0.4, 0.5) is 0 Å². The van der Waals surface area contributed by atoms with Crippen LogP contribution in [0.1, 0.15) is 67.7 Å². The number of hydrogen-bond donors (Lipinski definition) is 3. The van der Waals surface area contributed by atoms with Crippen LogP contribution in [0.15, 0.2) is 0 Å². The molecule has 0 amide bonds. The summed E-state index contributed by atoms with van der Waals surface area (Å²) < 4.78 is 5.67. The van der Waals surface area contributed by atoms with Crippen molar-refractivity contribution in [2.75, 3.05) is 0 Å². The highest BCUT2D eigenvalue weighted by Gasteiger charge is 2.40. The summed E-state index contributed by atoms with van der Waals surface area (Å²) >= 11 is 0. The number of esters is 1. The van der Waals surface area contributed by atoms with E-state index < -0.39 is 54.1 Å². The molecule has 164 valence electrons. The Kier molecular flexibility index (Phi) is 9.57. The number of carbonyl (C=O) groups excluding carboxylic acids is 2. The normalized spacial score (nSPS) is 44.6. The van der Waals surface area contributed by atoms with Crippen LogP contribution in [-0.4, -0.2) is 51.5 Å². The number of Topliss-reactive ketones (excluding diaryl/α,β-unsaturated/α-hetero) is 1. The molecule has 6 heteroatoms. The van der Waals surface area contributed by atoms with Gasteiger partial charge in [-0.1, -0.05) is 48.0 Å². The summed E-state index contributed by atoms with van der Waals surface area (Å²) in [6.45, 7) is 12.5. The fourth-order valence-electron chi connectivity index (χ4n) is 4.39. The van der Waals surface area contributed by atoms with Crippen molar-refractivity contribution in [3.05, 3.63) is 0 Å². The van der Waals surface area contributed by atoms with Gasteiger partial charge in [0.2, 0.25) is 0 Å². The van der Waals surface area contributed by atoms with E-state index in [0.717, 1.165) is 6.42 Å². The van der Waals surface area contributed by atoms with E-state index >= 15 is 0 Å². The average molecular weight is 401 g/mol. The zero-order valence-corrected chi connectivity index (χ0v) is 18.5. The molecule has 1 saturated heterocycles. The maximum Gasteiger partial charge on any atom is 0.311 e. The molecule has 1 fully saturated rings. The minimum absolute atomic E-state index is 0.0568. The lowest BCUT2D eigenvalue weighted by Crippen LogP contribution is -2.45. The lowest BCUT2D eigenvalue weighted by molar-refractivity contribution is -0.166. The highest BCUT2D eigenvalue weighted by Crippen LogP contribution is 2.31. The van der Waals surface area contributed by atoms with Crippen LogP contribution in [0.25, 0.3) is 0 Å². The van der Waals surface area contributed by atoms with Gasteiger partial charge >= 0.3 is 5.97 Å². The summed E-state index contributed by atoms with van der Waals surface area (Å²) in [6, 6.07) is 0. The Labute approximate surface area is 169 Å². The molecule has 1 aliphatic heterocycles. The summed E-state index contributed by atoms with van der Waals surface area (Å²) in [5.41, 5.74) is 0. The molecule has 28 heavy (non-hydrogen) atoms. The second kappa shape index (κ2) is 10.7. The van der Waals surface area contributed by atoms with Crippen molar-refractivity contribution in [2.24, 2.45) is 35.5 Å². The summed E-state index contributed by atoms with van der Waals surface area (Å²) in [5, 5.41) is 32.1. The number of aliphatic hydroxyl groups excluding tert-OH is 3. The first kappa shape index (κ1) is 25.1. The second-order valence-electron chi connectivity index (χ2n) is 9.05. The van der Waals surface area contributed by atoms with Crippen molar-refractivity contribution in [2.45, 2.75) is 92.1 Å². The number of hydrogen-bond acceptors (Lipinski definition) is 6. The molecule has 3 N–H and O–H groups in total. The molecule has 0 aliphatic carbocycles. The fraction of sp³-hybridized carbons (Fsp3) is 0.909. The minimum Gasteiger partial charge on any atom is -0.462 e. The Morgan fingerprint density at radius 3 is 1.93 bits per heavy atom. The van der Waals surface area contributed by atoms with Crippen LogP contribution in [0, 0.1) is 35.5 Å². The summed E-state index contributed by atoms with van der Waals surface area (Å²) in [6.07, 6.45) is -1.58. The van der Waals surface area contributed by atoms with Gasteiger partial charge < -0.3 is 20.1 Å². The Balaban J connectivity index is 3.25. The molecule has 10 atom stereocenters. The maximum absolute atomic E-state index is 12.9. The zero-order chi connectivity index (χ0) is 21.8. The highest BCUT2D eigenvalue weighted by molar-refractivity contribution is 5.83. The Morgan fingerprint density at radius 2 is 1.39 bits per heavy atom. The smallest absolute Gasteiger partial charge is 0.311 e. The second-order valence-corrected chi connectivity index (χ2v) is 9.05. The number of cyclic esters (lactones) is 1. The van der Waals surface area contributed by atoms with Gasteiger partial charge in [0.25, 0.3) is 0 Å². The first-order valence-electron chi connectivity index (χ1n) is 10.7. The molecule has 0 spiro atoms. The van der Waals surface area contributed by atoms with Crippen LogP contribution in [0.3, 0.4) is 0 Å². The predicted octanol–water partition coefficient (Wildman–Crippen LogP) is 2.57. The molecular formula is C22H40O6. The van der Waals surface area contributed by atoms with E-state index in [1.165, 1.54) is 0 Å². The highest BCUT2D eigenvalue weighted by atomic mass is 16.5. The molecule has 1 aliphatic rings. The van der Waals surface area contributed by atoms with Gasteiger partial charge in [0, 0.05) is 23.7 Å². The Bertz CT molecular complexity index is 521. The summed E-state index contributed by atoms with van der Waals surface area (Å²) in [4.78, 5) is 25.5. The van der Waals surface area contributed by atoms with Crippen molar-refractivity contribution in [3.63, 3.8) is 0 Å². The lowest BCUT2D eigenvalue weighted by atomic mass is 9.77. The van der Waals surface area contributed by atoms with Crippen LogP contribution in [-0.2, 0) is 14.3 Å². The van der Waals surface area contributed by atoms with Crippen LogP contribution < -0.4 is 0 Å². The van der Waals surface area contributed by atoms with Gasteiger partial charge in [0.05, 0.1) is 24.2 Å². The molecule has 0 aromatic heterocycles. The SMILES string of the molecule is CCCC1OC(=O)[C@H](C)[C@@H](O)[C@H](C)[C@@H](O)C(C)C[C@@H](C)C(=O)[C@H](C)[C@@H](O)[C@H]1C. The zero-order valence-electron chi connectivity index (χ0n) is 18.5. The van der Waals surface area contributed by atoms with Crippen LogP contribution in [0.5, 0.6) is 0 Å². The molecule has 0 aromatic rings. The van der Waals surface area contributed by atoms with Crippen molar-refractivity contribution >= 4 is 11.8 Å². The third kappa shape index (κ3) is 5.77. The third-order valence-electron chi connectivity index (χ3n) is 6.68. The fourth-order valence-corrected chi connectivity index (χ4v) is 4.39. The van der Waals surface area contributed by atoms with Gasteiger partial charge in [-0.15, -0.1) is 0 Å². The van der Waals surface area contributed by atoms with E-state index in [1.807, 2.05) is 20.8 Å². The average Bonchev–Trinajstić information content (AvgIpc) is 2.67. The molecule has 0 bridgehead atoms. The van der Waals surface area contributed by atoms with Crippen molar-refractivity contribution in [1.29, 1.82) is 0 Å². The Hall–Kier alpha value is -0.980. The third-order valence-corrected chi connectivity index (χ3v) is 6.68. The topological polar surface area (TPSA) is 104 Å². The van der Waals surface area contributed by atoms with E-state index in [2.05, 4.69) is 0 Å². The predicted molar refractivity (Wildman–Crippen MR) is 107 cm³/mol. The molecule has 0 aromatic carbocycles. The lowest BCUT2D eigenvalue weighted by Gasteiger charge is -2.36.